The van der Waals surface area contributed by atoms with Crippen LogP contribution in [-0.2, 0) is 11.3 Å². The minimum atomic E-state index is -0.542. The lowest BCUT2D eigenvalue weighted by atomic mass is 9.94. The molecule has 3 rings (SSSR count). The fraction of sp³-hybridized carbons (Fsp3) is 0.450. The van der Waals surface area contributed by atoms with Gasteiger partial charge in [0, 0.05) is 19.2 Å². The average molecular weight is 356 g/mol. The quantitative estimate of drug-likeness (QED) is 0.763. The molecule has 1 saturated carbocycles. The van der Waals surface area contributed by atoms with Gasteiger partial charge < -0.3 is 14.2 Å². The fourth-order valence-electron chi connectivity index (χ4n) is 3.37. The Balaban J connectivity index is 1.72. The van der Waals surface area contributed by atoms with E-state index in [1.165, 1.54) is 6.42 Å². The molecule has 1 aromatic carbocycles. The normalized spacial score (nSPS) is 14.8. The van der Waals surface area contributed by atoms with E-state index in [9.17, 15) is 9.59 Å². The van der Waals surface area contributed by atoms with Crippen LogP contribution in [-0.4, -0.2) is 35.0 Å². The Morgan fingerprint density at radius 2 is 1.88 bits per heavy atom. The molecule has 0 spiro atoms. The predicted molar refractivity (Wildman–Crippen MR) is 95.8 cm³/mol. The zero-order chi connectivity index (χ0) is 18.5. The van der Waals surface area contributed by atoms with E-state index in [4.69, 9.17) is 9.26 Å². The molecule has 1 amide bonds. The second-order valence-corrected chi connectivity index (χ2v) is 6.76. The molecule has 6 heteroatoms. The number of nitrogens with zero attached hydrogens (tertiary/aromatic N) is 2. The molecule has 0 radical (unpaired) electrons. The van der Waals surface area contributed by atoms with E-state index in [0.717, 1.165) is 31.4 Å². The van der Waals surface area contributed by atoms with Gasteiger partial charge in [-0.1, -0.05) is 36.6 Å². The molecule has 0 aliphatic heterocycles. The minimum Gasteiger partial charge on any atom is -0.454 e. The summed E-state index contributed by atoms with van der Waals surface area (Å²) in [5.74, 6) is -0.209. The number of hydrogen-bond acceptors (Lipinski definition) is 5. The molecule has 1 aliphatic carbocycles. The molecule has 1 heterocycles. The molecule has 2 aromatic rings. The standard InChI is InChI=1S/C20H24N2O4/c1-14-12-16(26-21-14)13-25-20(24)18-11-7-6-10-17(18)19(23)22(2)15-8-4-3-5-9-15/h6-7,10-12,15H,3-5,8-9,13H2,1-2H3. The van der Waals surface area contributed by atoms with Crippen LogP contribution in [0.3, 0.4) is 0 Å². The molecule has 1 aliphatic rings. The van der Waals surface area contributed by atoms with Crippen molar-refractivity contribution in [3.05, 3.63) is 52.9 Å². The van der Waals surface area contributed by atoms with Crippen LogP contribution >= 0.6 is 0 Å². The maximum atomic E-state index is 12.9. The molecule has 0 bridgehead atoms. The Kier molecular flexibility index (Phi) is 5.71. The minimum absolute atomic E-state index is 0.0132. The number of amides is 1. The topological polar surface area (TPSA) is 72.6 Å². The highest BCUT2D eigenvalue weighted by Crippen LogP contribution is 2.24. The van der Waals surface area contributed by atoms with Crippen LogP contribution in [0.25, 0.3) is 0 Å². The van der Waals surface area contributed by atoms with Gasteiger partial charge in [-0.05, 0) is 31.9 Å². The Bertz CT molecular complexity index is 778. The SMILES string of the molecule is Cc1cc(COC(=O)c2ccccc2C(=O)N(C)C2CCCCC2)on1. The van der Waals surface area contributed by atoms with Crippen molar-refractivity contribution in [2.75, 3.05) is 7.05 Å². The van der Waals surface area contributed by atoms with Gasteiger partial charge in [0.2, 0.25) is 0 Å². The molecule has 6 nitrogen and oxygen atoms in total. The summed E-state index contributed by atoms with van der Waals surface area (Å²) in [4.78, 5) is 27.2. The summed E-state index contributed by atoms with van der Waals surface area (Å²) in [5.41, 5.74) is 1.37. The first-order valence-corrected chi connectivity index (χ1v) is 9.02. The first-order chi connectivity index (χ1) is 12.6. The zero-order valence-electron chi connectivity index (χ0n) is 15.2. The van der Waals surface area contributed by atoms with E-state index in [1.54, 1.807) is 42.2 Å². The third-order valence-electron chi connectivity index (χ3n) is 4.84. The first kappa shape index (κ1) is 18.2. The van der Waals surface area contributed by atoms with Gasteiger partial charge in [0.05, 0.1) is 16.8 Å². The van der Waals surface area contributed by atoms with Crippen molar-refractivity contribution < 1.29 is 18.8 Å². The number of rotatable bonds is 5. The molecule has 0 saturated heterocycles. The van der Waals surface area contributed by atoms with Gasteiger partial charge in [0.1, 0.15) is 0 Å². The monoisotopic (exact) mass is 356 g/mol. The second-order valence-electron chi connectivity index (χ2n) is 6.76. The van der Waals surface area contributed by atoms with Gasteiger partial charge in [-0.25, -0.2) is 4.79 Å². The van der Waals surface area contributed by atoms with Crippen LogP contribution < -0.4 is 0 Å². The van der Waals surface area contributed by atoms with Crippen molar-refractivity contribution >= 4 is 11.9 Å². The van der Waals surface area contributed by atoms with Crippen LogP contribution in [0.1, 0.15) is 64.3 Å². The average Bonchev–Trinajstić information content (AvgIpc) is 3.11. The summed E-state index contributed by atoms with van der Waals surface area (Å²) >= 11 is 0. The molecule has 1 fully saturated rings. The van der Waals surface area contributed by atoms with E-state index < -0.39 is 5.97 Å². The Morgan fingerprint density at radius 3 is 2.54 bits per heavy atom. The van der Waals surface area contributed by atoms with E-state index in [1.807, 2.05) is 7.05 Å². The molecular weight excluding hydrogens is 332 g/mol. The van der Waals surface area contributed by atoms with Crippen molar-refractivity contribution in [3.63, 3.8) is 0 Å². The molecule has 0 atom stereocenters. The van der Waals surface area contributed by atoms with E-state index >= 15 is 0 Å². The maximum Gasteiger partial charge on any atom is 0.339 e. The molecule has 138 valence electrons. The summed E-state index contributed by atoms with van der Waals surface area (Å²) < 4.78 is 10.3. The van der Waals surface area contributed by atoms with Crippen LogP contribution in [0.5, 0.6) is 0 Å². The van der Waals surface area contributed by atoms with Crippen molar-refractivity contribution in [3.8, 4) is 0 Å². The first-order valence-electron chi connectivity index (χ1n) is 9.02. The third-order valence-corrected chi connectivity index (χ3v) is 4.84. The molecule has 0 N–H and O–H groups in total. The van der Waals surface area contributed by atoms with Gasteiger partial charge in [0.15, 0.2) is 12.4 Å². The lowest BCUT2D eigenvalue weighted by Crippen LogP contribution is -2.38. The summed E-state index contributed by atoms with van der Waals surface area (Å²) in [6, 6.07) is 8.73. The van der Waals surface area contributed by atoms with Crippen LogP contribution in [0.4, 0.5) is 0 Å². The smallest absolute Gasteiger partial charge is 0.339 e. The largest absolute Gasteiger partial charge is 0.454 e. The van der Waals surface area contributed by atoms with E-state index in [0.29, 0.717) is 11.3 Å². The van der Waals surface area contributed by atoms with Crippen molar-refractivity contribution in [1.29, 1.82) is 0 Å². The highest BCUT2D eigenvalue weighted by atomic mass is 16.5. The Labute approximate surface area is 153 Å². The third kappa shape index (κ3) is 4.12. The second kappa shape index (κ2) is 8.17. The number of aryl methyl sites for hydroxylation is 1. The molecule has 26 heavy (non-hydrogen) atoms. The van der Waals surface area contributed by atoms with Crippen LogP contribution in [0.2, 0.25) is 0 Å². The van der Waals surface area contributed by atoms with Gasteiger partial charge in [-0.3, -0.25) is 4.79 Å². The molecule has 0 unspecified atom stereocenters. The summed E-state index contributed by atoms with van der Waals surface area (Å²) in [6.07, 6.45) is 5.53. The van der Waals surface area contributed by atoms with Gasteiger partial charge in [-0.15, -0.1) is 0 Å². The Morgan fingerprint density at radius 1 is 1.19 bits per heavy atom. The Hall–Kier alpha value is -2.63. The zero-order valence-corrected chi connectivity index (χ0v) is 15.2. The van der Waals surface area contributed by atoms with E-state index in [-0.39, 0.29) is 24.1 Å². The van der Waals surface area contributed by atoms with E-state index in [2.05, 4.69) is 5.16 Å². The van der Waals surface area contributed by atoms with Crippen molar-refractivity contribution in [2.45, 2.75) is 51.7 Å². The van der Waals surface area contributed by atoms with Gasteiger partial charge in [0.25, 0.3) is 5.91 Å². The number of esters is 1. The van der Waals surface area contributed by atoms with Gasteiger partial charge in [-0.2, -0.15) is 0 Å². The molecular formula is C20H24N2O4. The highest BCUT2D eigenvalue weighted by molar-refractivity contribution is 6.05. The van der Waals surface area contributed by atoms with Crippen LogP contribution in [0.15, 0.2) is 34.9 Å². The number of carbonyl (C=O) groups is 2. The van der Waals surface area contributed by atoms with Crippen LogP contribution in [0, 0.1) is 6.92 Å². The highest BCUT2D eigenvalue weighted by Gasteiger charge is 2.26. The predicted octanol–water partition coefficient (Wildman–Crippen LogP) is 3.74. The molecule has 1 aromatic heterocycles. The number of benzene rings is 1. The number of carbonyl (C=O) groups excluding carboxylic acids is 2. The maximum absolute atomic E-state index is 12.9. The lowest BCUT2D eigenvalue weighted by Gasteiger charge is -2.31. The number of aromatic nitrogens is 1. The summed E-state index contributed by atoms with van der Waals surface area (Å²) in [6.45, 7) is 1.78. The summed E-state index contributed by atoms with van der Waals surface area (Å²) in [7, 11) is 1.82. The van der Waals surface area contributed by atoms with Crippen molar-refractivity contribution in [1.82, 2.24) is 10.1 Å². The number of hydrogen-bond donors (Lipinski definition) is 0. The fourth-order valence-corrected chi connectivity index (χ4v) is 3.37. The lowest BCUT2D eigenvalue weighted by molar-refractivity contribution is 0.0430. The number of ether oxygens (including phenoxy) is 1. The summed E-state index contributed by atoms with van der Waals surface area (Å²) in [5, 5.41) is 3.76. The van der Waals surface area contributed by atoms with Gasteiger partial charge >= 0.3 is 5.97 Å². The van der Waals surface area contributed by atoms with Crippen molar-refractivity contribution in [2.24, 2.45) is 0 Å².